The van der Waals surface area contributed by atoms with Crippen LogP contribution in [0.5, 0.6) is 11.5 Å². The van der Waals surface area contributed by atoms with Crippen molar-refractivity contribution in [2.24, 2.45) is 5.10 Å². The summed E-state index contributed by atoms with van der Waals surface area (Å²) in [5.74, 6) is 0.828. The number of ether oxygens (including phenoxy) is 2. The molecule has 0 aliphatic heterocycles. The van der Waals surface area contributed by atoms with E-state index in [1.807, 2.05) is 32.0 Å². The number of allylic oxidation sites excluding steroid dienone is 1. The normalized spacial score (nSPS) is 11.7. The van der Waals surface area contributed by atoms with Crippen LogP contribution < -0.4 is 14.9 Å². The van der Waals surface area contributed by atoms with Crippen LogP contribution in [0.4, 0.5) is 0 Å². The molecule has 1 N–H and O–H groups in total. The first-order valence-electron chi connectivity index (χ1n) is 10.5. The molecule has 5 nitrogen and oxygen atoms in total. The lowest BCUT2D eigenvalue weighted by atomic mass is 10.1. The van der Waals surface area contributed by atoms with Crippen molar-refractivity contribution in [3.05, 3.63) is 65.2 Å². The van der Waals surface area contributed by atoms with E-state index in [1.165, 1.54) is 0 Å². The van der Waals surface area contributed by atoms with Gasteiger partial charge in [-0.15, -0.1) is 0 Å². The number of carbonyl (C=O) groups is 1. The van der Waals surface area contributed by atoms with Crippen molar-refractivity contribution in [3.63, 3.8) is 0 Å². The Morgan fingerprint density at radius 1 is 1.10 bits per heavy atom. The minimum atomic E-state index is -0.298. The molecule has 0 bridgehead atoms. The minimum Gasteiger partial charge on any atom is -0.493 e. The first kappa shape index (κ1) is 23.2. The van der Waals surface area contributed by atoms with Crippen LogP contribution in [0.25, 0.3) is 6.08 Å². The Bertz CT molecular complexity index is 858. The smallest absolute Gasteiger partial charge is 0.271 e. The molecule has 0 saturated carbocycles. The van der Waals surface area contributed by atoms with Crippen LogP contribution in [-0.4, -0.2) is 25.3 Å². The zero-order valence-electron chi connectivity index (χ0n) is 18.4. The molecule has 0 heterocycles. The average molecular weight is 409 g/mol. The first-order valence-corrected chi connectivity index (χ1v) is 10.5. The highest BCUT2D eigenvalue weighted by molar-refractivity contribution is 5.95. The Hall–Kier alpha value is -3.08. The van der Waals surface area contributed by atoms with E-state index in [2.05, 4.69) is 35.7 Å². The highest BCUT2D eigenvalue weighted by atomic mass is 16.5. The van der Waals surface area contributed by atoms with E-state index in [1.54, 1.807) is 31.5 Å². The molecule has 5 heteroatoms. The number of unbranched alkanes of at least 4 members (excludes halogenated alkanes) is 2. The Kier molecular flexibility index (Phi) is 9.65. The summed E-state index contributed by atoms with van der Waals surface area (Å²) in [6.07, 6.45) is 8.17. The van der Waals surface area contributed by atoms with Gasteiger partial charge in [0.05, 0.1) is 19.4 Å². The van der Waals surface area contributed by atoms with Gasteiger partial charge in [-0.2, -0.15) is 5.10 Å². The molecular weight excluding hydrogens is 376 g/mol. The highest BCUT2D eigenvalue weighted by Gasteiger charge is 2.11. The standard InChI is InChI=1S/C25H32N2O3/c1-5-6-8-13-21(16-20-11-9-7-10-12-20)18-26-27-25(28)22-14-15-23(30-19(2)3)24(17-22)29-4/h7,9-12,14-19H,5-6,8,13H2,1-4H3,(H,27,28)/b21-16+,26-18-. The maximum Gasteiger partial charge on any atom is 0.271 e. The van der Waals surface area contributed by atoms with Crippen LogP contribution in [0.3, 0.4) is 0 Å². The Morgan fingerprint density at radius 2 is 1.87 bits per heavy atom. The number of nitrogens with zero attached hydrogens (tertiary/aromatic N) is 1. The second-order valence-electron chi connectivity index (χ2n) is 7.32. The van der Waals surface area contributed by atoms with Gasteiger partial charge in [0.15, 0.2) is 11.5 Å². The van der Waals surface area contributed by atoms with Crippen LogP contribution in [0.2, 0.25) is 0 Å². The third kappa shape index (κ3) is 7.74. The fourth-order valence-corrected chi connectivity index (χ4v) is 2.91. The predicted octanol–water partition coefficient (Wildman–Crippen LogP) is 5.86. The molecule has 2 aromatic rings. The van der Waals surface area contributed by atoms with Crippen molar-refractivity contribution in [1.29, 1.82) is 0 Å². The van der Waals surface area contributed by atoms with Crippen molar-refractivity contribution in [1.82, 2.24) is 5.43 Å². The van der Waals surface area contributed by atoms with E-state index in [4.69, 9.17) is 9.47 Å². The number of nitrogens with one attached hydrogen (secondary N) is 1. The summed E-state index contributed by atoms with van der Waals surface area (Å²) in [7, 11) is 1.55. The molecule has 2 aromatic carbocycles. The van der Waals surface area contributed by atoms with E-state index < -0.39 is 0 Å². The van der Waals surface area contributed by atoms with Gasteiger partial charge in [-0.3, -0.25) is 4.79 Å². The minimum absolute atomic E-state index is 0.0192. The maximum absolute atomic E-state index is 12.5. The number of hydrogen-bond acceptors (Lipinski definition) is 4. The van der Waals surface area contributed by atoms with E-state index in [0.29, 0.717) is 17.1 Å². The van der Waals surface area contributed by atoms with Gasteiger partial charge >= 0.3 is 0 Å². The first-order chi connectivity index (χ1) is 14.5. The molecule has 0 unspecified atom stereocenters. The van der Waals surface area contributed by atoms with Crippen molar-refractivity contribution in [2.75, 3.05) is 7.11 Å². The van der Waals surface area contributed by atoms with Crippen molar-refractivity contribution in [2.45, 2.75) is 52.6 Å². The maximum atomic E-state index is 12.5. The van der Waals surface area contributed by atoms with Crippen LogP contribution in [0, 0.1) is 0 Å². The number of benzene rings is 2. The van der Waals surface area contributed by atoms with Crippen molar-refractivity contribution < 1.29 is 14.3 Å². The lowest BCUT2D eigenvalue weighted by Crippen LogP contribution is -2.18. The third-order valence-electron chi connectivity index (χ3n) is 4.41. The summed E-state index contributed by atoms with van der Waals surface area (Å²) < 4.78 is 11.0. The van der Waals surface area contributed by atoms with Crippen molar-refractivity contribution in [3.8, 4) is 11.5 Å². The molecule has 0 radical (unpaired) electrons. The Balaban J connectivity index is 2.08. The molecule has 160 valence electrons. The van der Waals surface area contributed by atoms with Crippen LogP contribution in [0.15, 0.2) is 59.2 Å². The lowest BCUT2D eigenvalue weighted by molar-refractivity contribution is 0.0954. The molecule has 0 aliphatic rings. The third-order valence-corrected chi connectivity index (χ3v) is 4.41. The van der Waals surface area contributed by atoms with E-state index in [9.17, 15) is 4.79 Å². The molecule has 0 saturated heterocycles. The molecule has 0 atom stereocenters. The van der Waals surface area contributed by atoms with Crippen LogP contribution in [0.1, 0.15) is 62.4 Å². The Labute approximate surface area is 179 Å². The summed E-state index contributed by atoms with van der Waals surface area (Å²) in [6.45, 7) is 6.06. The molecule has 2 rings (SSSR count). The molecule has 30 heavy (non-hydrogen) atoms. The van der Waals surface area contributed by atoms with Gasteiger partial charge in [-0.1, -0.05) is 56.2 Å². The topological polar surface area (TPSA) is 59.9 Å². The van der Waals surface area contributed by atoms with Gasteiger partial charge < -0.3 is 9.47 Å². The largest absolute Gasteiger partial charge is 0.493 e. The number of carbonyl (C=O) groups excluding carboxylic acids is 1. The number of rotatable bonds is 11. The molecular formula is C25H32N2O3. The van der Waals surface area contributed by atoms with Gasteiger partial charge in [-0.25, -0.2) is 5.43 Å². The SMILES string of the molecule is CCCCCC(/C=N\NC(=O)c1ccc(OC(C)C)c(OC)c1)=C\c1ccccc1. The Morgan fingerprint density at radius 3 is 2.53 bits per heavy atom. The molecule has 0 aromatic heterocycles. The summed E-state index contributed by atoms with van der Waals surface area (Å²) in [5.41, 5.74) is 5.26. The van der Waals surface area contributed by atoms with Crippen LogP contribution >= 0.6 is 0 Å². The number of methoxy groups -OCH3 is 1. The summed E-state index contributed by atoms with van der Waals surface area (Å²) in [5, 5.41) is 4.18. The van der Waals surface area contributed by atoms with Gasteiger partial charge in [0.25, 0.3) is 5.91 Å². The predicted molar refractivity (Wildman–Crippen MR) is 123 cm³/mol. The zero-order valence-corrected chi connectivity index (χ0v) is 18.4. The second-order valence-corrected chi connectivity index (χ2v) is 7.32. The fourth-order valence-electron chi connectivity index (χ4n) is 2.91. The average Bonchev–Trinajstić information content (AvgIpc) is 2.74. The summed E-state index contributed by atoms with van der Waals surface area (Å²) >= 11 is 0. The summed E-state index contributed by atoms with van der Waals surface area (Å²) in [4.78, 5) is 12.5. The molecule has 0 aliphatic carbocycles. The molecule has 1 amide bonds. The van der Waals surface area contributed by atoms with E-state index in [-0.39, 0.29) is 12.0 Å². The van der Waals surface area contributed by atoms with Crippen molar-refractivity contribution >= 4 is 18.2 Å². The monoisotopic (exact) mass is 408 g/mol. The van der Waals surface area contributed by atoms with Gasteiger partial charge in [0, 0.05) is 5.56 Å². The van der Waals surface area contributed by atoms with E-state index >= 15 is 0 Å². The number of hydrogen-bond donors (Lipinski definition) is 1. The van der Waals surface area contributed by atoms with Gasteiger partial charge in [0.2, 0.25) is 0 Å². The zero-order chi connectivity index (χ0) is 21.8. The van der Waals surface area contributed by atoms with Gasteiger partial charge in [-0.05, 0) is 56.0 Å². The summed E-state index contributed by atoms with van der Waals surface area (Å²) in [6, 6.07) is 15.2. The number of hydrazone groups is 1. The fraction of sp³-hybridized carbons (Fsp3) is 0.360. The number of amides is 1. The second kappa shape index (κ2) is 12.5. The molecule has 0 fully saturated rings. The van der Waals surface area contributed by atoms with Crippen LogP contribution in [-0.2, 0) is 0 Å². The van der Waals surface area contributed by atoms with E-state index in [0.717, 1.165) is 36.8 Å². The quantitative estimate of drug-likeness (QED) is 0.288. The lowest BCUT2D eigenvalue weighted by Gasteiger charge is -2.14. The van der Waals surface area contributed by atoms with Gasteiger partial charge in [0.1, 0.15) is 0 Å². The molecule has 0 spiro atoms. The highest BCUT2D eigenvalue weighted by Crippen LogP contribution is 2.29.